The summed E-state index contributed by atoms with van der Waals surface area (Å²) < 4.78 is 43.8. The lowest BCUT2D eigenvalue weighted by Crippen LogP contribution is -2.42. The summed E-state index contributed by atoms with van der Waals surface area (Å²) in [5, 5.41) is 0. The summed E-state index contributed by atoms with van der Waals surface area (Å²) in [7, 11) is 0. The minimum atomic E-state index is -4.45. The van der Waals surface area contributed by atoms with Crippen LogP contribution < -0.4 is 4.74 Å². The van der Waals surface area contributed by atoms with Gasteiger partial charge in [0.15, 0.2) is 0 Å². The van der Waals surface area contributed by atoms with Gasteiger partial charge in [-0.1, -0.05) is 31.2 Å². The van der Waals surface area contributed by atoms with E-state index in [0.717, 1.165) is 42.8 Å². The molecule has 2 heterocycles. The molecule has 34 heavy (non-hydrogen) atoms. The van der Waals surface area contributed by atoms with Gasteiger partial charge in [0.05, 0.1) is 23.4 Å². The molecule has 1 aliphatic heterocycles. The smallest absolute Gasteiger partial charge is 0.417 e. The zero-order valence-corrected chi connectivity index (χ0v) is 19.7. The zero-order chi connectivity index (χ0) is 24.7. The molecule has 0 bridgehead atoms. The van der Waals surface area contributed by atoms with Gasteiger partial charge in [0.25, 0.3) is 5.91 Å². The van der Waals surface area contributed by atoms with Crippen LogP contribution in [0.15, 0.2) is 59.7 Å². The van der Waals surface area contributed by atoms with Gasteiger partial charge >= 0.3 is 6.18 Å². The summed E-state index contributed by atoms with van der Waals surface area (Å²) in [5.74, 6) is -0.0738. The van der Waals surface area contributed by atoms with E-state index >= 15 is 0 Å². The van der Waals surface area contributed by atoms with Gasteiger partial charge in [-0.25, -0.2) is 4.98 Å². The fraction of sp³-hybridized carbons (Fsp3) is 0.423. The molecule has 2 aromatic rings. The molecule has 3 rings (SSSR count). The number of likely N-dealkylation sites (N-methyl/N-ethyl adjacent to an activating group) is 1. The second-order valence-corrected chi connectivity index (χ2v) is 8.24. The first-order valence-corrected chi connectivity index (χ1v) is 11.5. The van der Waals surface area contributed by atoms with E-state index in [4.69, 9.17) is 9.73 Å². The summed E-state index contributed by atoms with van der Waals surface area (Å²) in [6, 6.07) is 9.44. The van der Waals surface area contributed by atoms with Crippen molar-refractivity contribution in [2.24, 2.45) is 4.99 Å². The Balaban J connectivity index is 1.76. The highest BCUT2D eigenvalue weighted by Gasteiger charge is 2.31. The van der Waals surface area contributed by atoms with Crippen LogP contribution in [0.25, 0.3) is 0 Å². The van der Waals surface area contributed by atoms with Gasteiger partial charge < -0.3 is 9.64 Å². The van der Waals surface area contributed by atoms with E-state index in [2.05, 4.69) is 18.0 Å². The summed E-state index contributed by atoms with van der Waals surface area (Å²) in [6.07, 6.45) is 3.25. The molecule has 0 saturated carbocycles. The van der Waals surface area contributed by atoms with Crippen LogP contribution in [-0.4, -0.2) is 46.7 Å². The highest BCUT2D eigenvalue weighted by molar-refractivity contribution is 6.15. The number of rotatable bonds is 8. The number of carbonyl (C=O) groups excluding carboxylic acids is 1. The fourth-order valence-corrected chi connectivity index (χ4v) is 3.88. The van der Waals surface area contributed by atoms with Gasteiger partial charge in [-0.15, -0.1) is 0 Å². The molecule has 1 aromatic heterocycles. The number of aromatic nitrogens is 1. The van der Waals surface area contributed by atoms with Crippen molar-refractivity contribution in [1.29, 1.82) is 0 Å². The molecule has 2 atom stereocenters. The first-order valence-electron chi connectivity index (χ1n) is 11.5. The molecule has 1 amide bonds. The van der Waals surface area contributed by atoms with E-state index < -0.39 is 11.7 Å². The maximum atomic E-state index is 13.5. The van der Waals surface area contributed by atoms with E-state index in [1.807, 2.05) is 38.1 Å². The number of carbonyl (C=O) groups is 1. The van der Waals surface area contributed by atoms with Gasteiger partial charge in [0, 0.05) is 29.9 Å². The molecular formula is C26H30F3N3O2. The normalized spacial score (nSPS) is 17.0. The van der Waals surface area contributed by atoms with E-state index in [9.17, 15) is 18.0 Å². The van der Waals surface area contributed by atoms with Crippen LogP contribution in [0.2, 0.25) is 0 Å². The molecule has 0 saturated heterocycles. The Kier molecular flexibility index (Phi) is 8.47. The van der Waals surface area contributed by atoms with Crippen molar-refractivity contribution in [1.82, 2.24) is 9.88 Å². The van der Waals surface area contributed by atoms with Crippen LogP contribution in [0.4, 0.5) is 13.2 Å². The van der Waals surface area contributed by atoms with Crippen molar-refractivity contribution in [3.8, 4) is 5.88 Å². The quantitative estimate of drug-likeness (QED) is 0.476. The number of benzene rings is 1. The maximum absolute atomic E-state index is 13.5. The predicted octanol–water partition coefficient (Wildman–Crippen LogP) is 5.95. The first kappa shape index (κ1) is 25.5. The molecular weight excluding hydrogens is 443 g/mol. The lowest BCUT2D eigenvalue weighted by atomic mass is 10.0. The summed E-state index contributed by atoms with van der Waals surface area (Å²) in [5.41, 5.74) is 1.32. The Labute approximate surface area is 198 Å². The Hall–Kier alpha value is -3.16. The van der Waals surface area contributed by atoms with Crippen molar-refractivity contribution in [3.05, 3.63) is 71.4 Å². The molecule has 8 heteroatoms. The SMILES string of the molecule is CCC1CCC=CC(c2ccccc2C(=O)N(CC)C(C)COc2ccc(C(F)(F)F)cn2)=N1. The number of hydrogen-bond acceptors (Lipinski definition) is 4. The van der Waals surface area contributed by atoms with Crippen LogP contribution in [0.1, 0.15) is 61.5 Å². The minimum Gasteiger partial charge on any atom is -0.475 e. The number of pyridine rings is 1. The highest BCUT2D eigenvalue weighted by atomic mass is 19.4. The number of amides is 1. The molecule has 1 aliphatic rings. The van der Waals surface area contributed by atoms with Crippen LogP contribution in [0.3, 0.4) is 0 Å². The van der Waals surface area contributed by atoms with Gasteiger partial charge in [-0.3, -0.25) is 9.79 Å². The van der Waals surface area contributed by atoms with E-state index in [-0.39, 0.29) is 30.5 Å². The summed E-state index contributed by atoms with van der Waals surface area (Å²) in [4.78, 5) is 23.8. The molecule has 182 valence electrons. The predicted molar refractivity (Wildman–Crippen MR) is 126 cm³/mol. The van der Waals surface area contributed by atoms with Crippen LogP contribution >= 0.6 is 0 Å². The Morgan fingerprint density at radius 2 is 1.97 bits per heavy atom. The third-order valence-corrected chi connectivity index (χ3v) is 5.84. The van der Waals surface area contributed by atoms with Gasteiger partial charge in [-0.2, -0.15) is 13.2 Å². The molecule has 2 unspecified atom stereocenters. The first-order chi connectivity index (χ1) is 16.2. The van der Waals surface area contributed by atoms with E-state index in [0.29, 0.717) is 12.1 Å². The minimum absolute atomic E-state index is 0.0762. The number of ether oxygens (including phenoxy) is 1. The molecule has 1 aromatic carbocycles. The third kappa shape index (κ3) is 6.24. The van der Waals surface area contributed by atoms with Gasteiger partial charge in [-0.05, 0) is 51.3 Å². The van der Waals surface area contributed by atoms with Gasteiger partial charge in [0.2, 0.25) is 5.88 Å². The molecule has 0 radical (unpaired) electrons. The van der Waals surface area contributed by atoms with Crippen molar-refractivity contribution in [2.45, 2.75) is 58.3 Å². The zero-order valence-electron chi connectivity index (χ0n) is 19.7. The number of hydrogen-bond donors (Lipinski definition) is 0. The average molecular weight is 474 g/mol. The number of alkyl halides is 3. The van der Waals surface area contributed by atoms with Crippen LogP contribution in [0, 0.1) is 0 Å². The van der Waals surface area contributed by atoms with Crippen molar-refractivity contribution in [2.75, 3.05) is 13.2 Å². The topological polar surface area (TPSA) is 54.8 Å². The number of aliphatic imine (C=N–C) groups is 1. The van der Waals surface area contributed by atoms with E-state index in [1.54, 1.807) is 11.0 Å². The molecule has 0 aliphatic carbocycles. The van der Waals surface area contributed by atoms with Crippen LogP contribution in [0.5, 0.6) is 5.88 Å². The molecule has 0 spiro atoms. The van der Waals surface area contributed by atoms with E-state index in [1.165, 1.54) is 6.07 Å². The third-order valence-electron chi connectivity index (χ3n) is 5.84. The molecule has 0 fully saturated rings. The Morgan fingerprint density at radius 3 is 2.62 bits per heavy atom. The summed E-state index contributed by atoms with van der Waals surface area (Å²) >= 11 is 0. The summed E-state index contributed by atoms with van der Waals surface area (Å²) in [6.45, 7) is 6.37. The number of halogens is 3. The Bertz CT molecular complexity index is 1030. The maximum Gasteiger partial charge on any atom is 0.417 e. The lowest BCUT2D eigenvalue weighted by molar-refractivity contribution is -0.137. The fourth-order valence-electron chi connectivity index (χ4n) is 3.88. The van der Waals surface area contributed by atoms with Crippen molar-refractivity contribution in [3.63, 3.8) is 0 Å². The van der Waals surface area contributed by atoms with Crippen LogP contribution in [-0.2, 0) is 6.18 Å². The average Bonchev–Trinajstić information content (AvgIpc) is 3.08. The second kappa shape index (κ2) is 11.3. The number of allylic oxidation sites excluding steroid dienone is 2. The van der Waals surface area contributed by atoms with Gasteiger partial charge in [0.1, 0.15) is 6.61 Å². The monoisotopic (exact) mass is 473 g/mol. The molecule has 0 N–H and O–H groups in total. The molecule has 5 nitrogen and oxygen atoms in total. The van der Waals surface area contributed by atoms with Crippen molar-refractivity contribution < 1.29 is 22.7 Å². The second-order valence-electron chi connectivity index (χ2n) is 8.24. The van der Waals surface area contributed by atoms with Crippen molar-refractivity contribution >= 4 is 11.6 Å². The highest BCUT2D eigenvalue weighted by Crippen LogP contribution is 2.29. The standard InChI is InChI=1S/C26H30F3N3O2/c1-4-20-10-6-9-13-23(31-20)21-11-7-8-12-22(21)25(33)32(5-2)18(3)17-34-24-15-14-19(16-30-24)26(27,28)29/h7-9,11-16,18,20H,4-6,10,17H2,1-3H3. The largest absolute Gasteiger partial charge is 0.475 e. The lowest BCUT2D eigenvalue weighted by Gasteiger charge is -2.29. The number of nitrogens with zero attached hydrogens (tertiary/aromatic N) is 3. The Morgan fingerprint density at radius 1 is 1.21 bits per heavy atom.